The first-order chi connectivity index (χ1) is 13.9. The second-order valence-electron chi connectivity index (χ2n) is 5.77. The average molecular weight is 440 g/mol. The van der Waals surface area contributed by atoms with Gasteiger partial charge in [0.2, 0.25) is 10.0 Å². The van der Waals surface area contributed by atoms with Crippen LogP contribution in [-0.2, 0) is 14.8 Å². The van der Waals surface area contributed by atoms with Gasteiger partial charge in [-0.3, -0.25) is 4.98 Å². The number of alkyl halides is 3. The number of nitrogen functional groups attached to an aromatic ring is 1. The summed E-state index contributed by atoms with van der Waals surface area (Å²) in [6.45, 7) is 0. The fourth-order valence-corrected chi connectivity index (χ4v) is 2.74. The van der Waals surface area contributed by atoms with E-state index < -0.39 is 22.2 Å². The molecule has 2 heterocycles. The Hall–Kier alpha value is -3.51. The monoisotopic (exact) mass is 440 g/mol. The summed E-state index contributed by atoms with van der Waals surface area (Å²) in [6, 6.07) is 11.9. The highest BCUT2D eigenvalue weighted by atomic mass is 32.2. The maximum Gasteiger partial charge on any atom is 0.490 e. The van der Waals surface area contributed by atoms with Gasteiger partial charge in [0.1, 0.15) is 5.82 Å². The van der Waals surface area contributed by atoms with Crippen molar-refractivity contribution in [1.29, 1.82) is 0 Å². The van der Waals surface area contributed by atoms with Gasteiger partial charge in [0.25, 0.3) is 0 Å². The molecule has 3 rings (SSSR count). The summed E-state index contributed by atoms with van der Waals surface area (Å²) < 4.78 is 54.3. The van der Waals surface area contributed by atoms with Crippen LogP contribution in [0.3, 0.4) is 0 Å². The topological polar surface area (TPSA) is 149 Å². The van der Waals surface area contributed by atoms with Gasteiger partial charge in [-0.1, -0.05) is 18.2 Å². The molecule has 12 heteroatoms. The number of halogens is 3. The van der Waals surface area contributed by atoms with Crippen LogP contribution >= 0.6 is 0 Å². The number of nitrogens with two attached hydrogens (primary N) is 2. The number of benzene rings is 1. The van der Waals surface area contributed by atoms with Crippen molar-refractivity contribution < 1.29 is 31.5 Å². The van der Waals surface area contributed by atoms with Gasteiger partial charge in [-0.05, 0) is 29.8 Å². The van der Waals surface area contributed by atoms with Gasteiger partial charge in [-0.15, -0.1) is 0 Å². The number of aromatic nitrogens is 2. The first-order valence-electron chi connectivity index (χ1n) is 7.99. The minimum Gasteiger partial charge on any atom is -0.475 e. The molecule has 0 bridgehead atoms. The Labute approximate surface area is 169 Å². The van der Waals surface area contributed by atoms with Crippen LogP contribution in [0.25, 0.3) is 22.3 Å². The lowest BCUT2D eigenvalue weighted by Gasteiger charge is -2.08. The second-order valence-corrected chi connectivity index (χ2v) is 7.33. The summed E-state index contributed by atoms with van der Waals surface area (Å²) in [4.78, 5) is 17.3. The third kappa shape index (κ3) is 5.99. The standard InChI is InChI=1S/C16H14N4O2S.C2HF3O2/c17-16-15(12-2-1-7-19-9-12)8-13(10-20-16)11-3-5-14(6-4-11)23(18,21)22;3-2(4,5)1(6)7/h1-10H,(H2,17,20)(H2,18,21,22);(H,6,7). The number of carboxylic acid groups (broad SMARTS) is 1. The molecule has 1 aromatic carbocycles. The van der Waals surface area contributed by atoms with E-state index in [1.807, 2.05) is 18.2 Å². The summed E-state index contributed by atoms with van der Waals surface area (Å²) >= 11 is 0. The Kier molecular flexibility index (Phi) is 6.74. The van der Waals surface area contributed by atoms with E-state index in [9.17, 15) is 21.6 Å². The summed E-state index contributed by atoms with van der Waals surface area (Å²) in [6.07, 6.45) is -0.0502. The fraction of sp³-hybridized carbons (Fsp3) is 0.0556. The number of sulfonamides is 1. The van der Waals surface area contributed by atoms with Crippen LogP contribution in [0.5, 0.6) is 0 Å². The first-order valence-corrected chi connectivity index (χ1v) is 9.53. The van der Waals surface area contributed by atoms with Crippen molar-refractivity contribution in [3.05, 3.63) is 61.1 Å². The Morgan fingerprint density at radius 3 is 2.07 bits per heavy atom. The molecule has 0 spiro atoms. The predicted octanol–water partition coefficient (Wildman–Crippen LogP) is 2.67. The minimum absolute atomic E-state index is 0.0668. The van der Waals surface area contributed by atoms with E-state index in [2.05, 4.69) is 9.97 Å². The van der Waals surface area contributed by atoms with Crippen LogP contribution in [0.4, 0.5) is 19.0 Å². The molecule has 30 heavy (non-hydrogen) atoms. The Bertz CT molecular complexity index is 1140. The van der Waals surface area contributed by atoms with Gasteiger partial charge in [-0.2, -0.15) is 13.2 Å². The Balaban J connectivity index is 0.000000396. The quantitative estimate of drug-likeness (QED) is 0.567. The van der Waals surface area contributed by atoms with E-state index in [0.717, 1.165) is 22.3 Å². The number of carbonyl (C=O) groups is 1. The molecule has 0 aliphatic heterocycles. The molecule has 0 saturated heterocycles. The van der Waals surface area contributed by atoms with E-state index in [-0.39, 0.29) is 4.90 Å². The van der Waals surface area contributed by atoms with Crippen LogP contribution in [0.15, 0.2) is 66.0 Å². The highest BCUT2D eigenvalue weighted by Gasteiger charge is 2.38. The Morgan fingerprint density at radius 2 is 1.60 bits per heavy atom. The van der Waals surface area contributed by atoms with Crippen molar-refractivity contribution in [3.8, 4) is 22.3 Å². The summed E-state index contributed by atoms with van der Waals surface area (Å²) in [5.74, 6) is -2.35. The molecule has 0 saturated carbocycles. The van der Waals surface area contributed by atoms with Crippen molar-refractivity contribution in [2.45, 2.75) is 11.1 Å². The van der Waals surface area contributed by atoms with Crippen LogP contribution in [0.1, 0.15) is 0 Å². The zero-order valence-electron chi connectivity index (χ0n) is 15.0. The summed E-state index contributed by atoms with van der Waals surface area (Å²) in [7, 11) is -3.70. The van der Waals surface area contributed by atoms with E-state index >= 15 is 0 Å². The average Bonchev–Trinajstić information content (AvgIpc) is 2.68. The van der Waals surface area contributed by atoms with Gasteiger partial charge >= 0.3 is 12.1 Å². The van der Waals surface area contributed by atoms with E-state index in [0.29, 0.717) is 5.82 Å². The number of rotatable bonds is 3. The second kappa shape index (κ2) is 8.88. The molecule has 0 fully saturated rings. The fourth-order valence-electron chi connectivity index (χ4n) is 2.22. The lowest BCUT2D eigenvalue weighted by Crippen LogP contribution is -2.21. The van der Waals surface area contributed by atoms with Gasteiger partial charge in [-0.25, -0.2) is 23.3 Å². The van der Waals surface area contributed by atoms with E-state index in [1.165, 1.54) is 12.1 Å². The maximum absolute atomic E-state index is 11.3. The molecule has 0 atom stereocenters. The van der Waals surface area contributed by atoms with Crippen molar-refractivity contribution >= 4 is 21.8 Å². The van der Waals surface area contributed by atoms with E-state index in [1.54, 1.807) is 30.7 Å². The molecule has 0 unspecified atom stereocenters. The Morgan fingerprint density at radius 1 is 1.00 bits per heavy atom. The van der Waals surface area contributed by atoms with Gasteiger partial charge < -0.3 is 10.8 Å². The lowest BCUT2D eigenvalue weighted by molar-refractivity contribution is -0.192. The third-order valence-electron chi connectivity index (χ3n) is 3.65. The number of aliphatic carboxylic acids is 1. The molecule has 5 N–H and O–H groups in total. The minimum atomic E-state index is -5.08. The van der Waals surface area contributed by atoms with Crippen molar-refractivity contribution in [3.63, 3.8) is 0 Å². The van der Waals surface area contributed by atoms with Crippen LogP contribution in [-0.4, -0.2) is 35.6 Å². The number of primary sulfonamides is 1. The van der Waals surface area contributed by atoms with Crippen molar-refractivity contribution in [2.24, 2.45) is 5.14 Å². The van der Waals surface area contributed by atoms with Crippen LogP contribution < -0.4 is 10.9 Å². The van der Waals surface area contributed by atoms with Crippen LogP contribution in [0, 0.1) is 0 Å². The number of anilines is 1. The van der Waals surface area contributed by atoms with Crippen molar-refractivity contribution in [1.82, 2.24) is 9.97 Å². The molecule has 0 radical (unpaired) electrons. The number of pyridine rings is 2. The van der Waals surface area contributed by atoms with Crippen molar-refractivity contribution in [2.75, 3.05) is 5.73 Å². The molecule has 0 amide bonds. The maximum atomic E-state index is 11.3. The number of nitrogens with zero attached hydrogens (tertiary/aromatic N) is 2. The highest BCUT2D eigenvalue weighted by Crippen LogP contribution is 2.29. The molecule has 0 aliphatic carbocycles. The molecule has 2 aromatic heterocycles. The third-order valence-corrected chi connectivity index (χ3v) is 4.58. The SMILES string of the molecule is Nc1ncc(-c2ccc(S(N)(=O)=O)cc2)cc1-c1cccnc1.O=C(O)C(F)(F)F. The van der Waals surface area contributed by atoms with Gasteiger partial charge in [0, 0.05) is 35.3 Å². The molecular formula is C18H15F3N4O4S. The zero-order chi connectivity index (χ0) is 22.5. The highest BCUT2D eigenvalue weighted by molar-refractivity contribution is 7.89. The molecular weight excluding hydrogens is 425 g/mol. The molecule has 158 valence electrons. The van der Waals surface area contributed by atoms with Crippen LogP contribution in [0.2, 0.25) is 0 Å². The zero-order valence-corrected chi connectivity index (χ0v) is 15.9. The normalized spacial score (nSPS) is 11.3. The van der Waals surface area contributed by atoms with E-state index in [4.69, 9.17) is 20.8 Å². The molecule has 0 aliphatic rings. The largest absolute Gasteiger partial charge is 0.490 e. The smallest absolute Gasteiger partial charge is 0.475 e. The first kappa shape index (κ1) is 22.8. The molecule has 8 nitrogen and oxygen atoms in total. The summed E-state index contributed by atoms with van der Waals surface area (Å²) in [5.41, 5.74) is 9.21. The number of carboxylic acids is 1. The predicted molar refractivity (Wildman–Crippen MR) is 102 cm³/mol. The summed E-state index contributed by atoms with van der Waals surface area (Å²) in [5, 5.41) is 12.2. The molecule has 3 aromatic rings. The number of hydrogen-bond acceptors (Lipinski definition) is 6. The van der Waals surface area contributed by atoms with Gasteiger partial charge in [0.15, 0.2) is 0 Å². The lowest BCUT2D eigenvalue weighted by atomic mass is 10.0. The van der Waals surface area contributed by atoms with Gasteiger partial charge in [0.05, 0.1) is 4.90 Å². The number of hydrogen-bond donors (Lipinski definition) is 3.